The summed E-state index contributed by atoms with van der Waals surface area (Å²) < 4.78 is 5.35. The van der Waals surface area contributed by atoms with Crippen LogP contribution in [0.15, 0.2) is 36.4 Å². The molecule has 0 aliphatic carbocycles. The van der Waals surface area contributed by atoms with Crippen LogP contribution >= 0.6 is 0 Å². The van der Waals surface area contributed by atoms with Crippen molar-refractivity contribution in [2.24, 2.45) is 0 Å². The summed E-state index contributed by atoms with van der Waals surface area (Å²) in [6, 6.07) is 11.9. The molecule has 3 rings (SSSR count). The van der Waals surface area contributed by atoms with Crippen LogP contribution in [-0.2, 0) is 0 Å². The van der Waals surface area contributed by atoms with Crippen LogP contribution < -0.4 is 4.74 Å². The summed E-state index contributed by atoms with van der Waals surface area (Å²) in [5.41, 5.74) is 3.45. The van der Waals surface area contributed by atoms with Crippen LogP contribution in [0.5, 0.6) is 5.75 Å². The van der Waals surface area contributed by atoms with Crippen molar-refractivity contribution < 1.29 is 4.74 Å². The summed E-state index contributed by atoms with van der Waals surface area (Å²) in [6.07, 6.45) is 0. The van der Waals surface area contributed by atoms with E-state index in [9.17, 15) is 0 Å². The molecule has 1 N–H and O–H groups in total. The molecule has 0 saturated carbocycles. The highest BCUT2D eigenvalue weighted by molar-refractivity contribution is 5.82. The molecule has 0 radical (unpaired) electrons. The van der Waals surface area contributed by atoms with E-state index in [2.05, 4.69) is 15.0 Å². The Balaban J connectivity index is 2.23. The number of benzene rings is 1. The fourth-order valence-electron chi connectivity index (χ4n) is 1.97. The molecule has 0 aliphatic rings. The number of hydrogen-bond donors (Lipinski definition) is 1. The maximum Gasteiger partial charge on any atom is 0.182 e. The molecular weight excluding hydrogens is 226 g/mol. The molecule has 0 bridgehead atoms. The molecule has 0 unspecified atom stereocenters. The second-order valence-corrected chi connectivity index (χ2v) is 4.12. The number of fused-ring (bicyclic) bond motifs is 1. The van der Waals surface area contributed by atoms with Gasteiger partial charge in [-0.25, -0.2) is 9.97 Å². The van der Waals surface area contributed by atoms with Gasteiger partial charge in [-0.15, -0.1) is 0 Å². The van der Waals surface area contributed by atoms with Crippen LogP contribution in [0.3, 0.4) is 0 Å². The lowest BCUT2D eigenvalue weighted by Crippen LogP contribution is -1.89. The second kappa shape index (κ2) is 4.14. The van der Waals surface area contributed by atoms with E-state index in [1.54, 1.807) is 7.11 Å². The highest BCUT2D eigenvalue weighted by Crippen LogP contribution is 2.26. The average Bonchev–Trinajstić information content (AvgIpc) is 2.82. The number of rotatable bonds is 2. The Morgan fingerprint density at radius 2 is 1.89 bits per heavy atom. The van der Waals surface area contributed by atoms with Crippen LogP contribution in [0.25, 0.3) is 22.6 Å². The van der Waals surface area contributed by atoms with Gasteiger partial charge < -0.3 is 9.72 Å². The van der Waals surface area contributed by atoms with Crippen molar-refractivity contribution in [3.05, 3.63) is 42.1 Å². The SMILES string of the molecule is COc1cc(C)nc2nc(-c3ccccc3)[nH]c12. The van der Waals surface area contributed by atoms with Crippen LogP contribution in [-0.4, -0.2) is 22.1 Å². The van der Waals surface area contributed by atoms with Crippen LogP contribution in [0.1, 0.15) is 5.69 Å². The highest BCUT2D eigenvalue weighted by Gasteiger charge is 2.11. The van der Waals surface area contributed by atoms with E-state index in [0.717, 1.165) is 28.3 Å². The molecule has 2 heterocycles. The van der Waals surface area contributed by atoms with Crippen molar-refractivity contribution in [3.63, 3.8) is 0 Å². The smallest absolute Gasteiger partial charge is 0.182 e. The van der Waals surface area contributed by atoms with Crippen molar-refractivity contribution in [2.45, 2.75) is 6.92 Å². The van der Waals surface area contributed by atoms with Gasteiger partial charge in [-0.05, 0) is 6.92 Å². The lowest BCUT2D eigenvalue weighted by molar-refractivity contribution is 0.418. The number of nitrogens with one attached hydrogen (secondary N) is 1. The van der Waals surface area contributed by atoms with Gasteiger partial charge >= 0.3 is 0 Å². The molecule has 4 nitrogen and oxygen atoms in total. The molecular formula is C14H13N3O. The van der Waals surface area contributed by atoms with Crippen molar-refractivity contribution in [1.82, 2.24) is 15.0 Å². The Labute approximate surface area is 105 Å². The second-order valence-electron chi connectivity index (χ2n) is 4.12. The molecule has 0 amide bonds. The van der Waals surface area contributed by atoms with E-state index in [4.69, 9.17) is 4.74 Å². The summed E-state index contributed by atoms with van der Waals surface area (Å²) in [5.74, 6) is 1.58. The van der Waals surface area contributed by atoms with E-state index in [0.29, 0.717) is 5.65 Å². The first kappa shape index (κ1) is 10.8. The molecule has 18 heavy (non-hydrogen) atoms. The maximum atomic E-state index is 5.35. The minimum absolute atomic E-state index is 0.686. The first-order valence-corrected chi connectivity index (χ1v) is 5.74. The maximum absolute atomic E-state index is 5.35. The summed E-state index contributed by atoms with van der Waals surface area (Å²) in [5, 5.41) is 0. The third-order valence-corrected chi connectivity index (χ3v) is 2.82. The summed E-state index contributed by atoms with van der Waals surface area (Å²) >= 11 is 0. The minimum Gasteiger partial charge on any atom is -0.494 e. The van der Waals surface area contributed by atoms with E-state index in [1.165, 1.54) is 0 Å². The van der Waals surface area contributed by atoms with Crippen molar-refractivity contribution >= 4 is 11.2 Å². The lowest BCUT2D eigenvalue weighted by atomic mass is 10.2. The predicted molar refractivity (Wildman–Crippen MR) is 70.6 cm³/mol. The third kappa shape index (κ3) is 1.72. The molecule has 2 aromatic heterocycles. The topological polar surface area (TPSA) is 50.8 Å². The Morgan fingerprint density at radius 1 is 1.11 bits per heavy atom. The number of methoxy groups -OCH3 is 1. The lowest BCUT2D eigenvalue weighted by Gasteiger charge is -2.00. The summed E-state index contributed by atoms with van der Waals surface area (Å²) in [7, 11) is 1.65. The Morgan fingerprint density at radius 3 is 2.61 bits per heavy atom. The van der Waals surface area contributed by atoms with Gasteiger partial charge in [-0.2, -0.15) is 0 Å². The van der Waals surface area contributed by atoms with Gasteiger partial charge in [0.25, 0.3) is 0 Å². The Hall–Kier alpha value is -2.36. The molecule has 0 fully saturated rings. The normalized spacial score (nSPS) is 10.8. The van der Waals surface area contributed by atoms with E-state index in [-0.39, 0.29) is 0 Å². The fraction of sp³-hybridized carbons (Fsp3) is 0.143. The van der Waals surface area contributed by atoms with Crippen molar-refractivity contribution in [2.75, 3.05) is 7.11 Å². The van der Waals surface area contributed by atoms with Crippen molar-refractivity contribution in [1.29, 1.82) is 0 Å². The first-order chi connectivity index (χ1) is 8.78. The average molecular weight is 239 g/mol. The first-order valence-electron chi connectivity index (χ1n) is 5.74. The predicted octanol–water partition coefficient (Wildman–Crippen LogP) is 2.94. The van der Waals surface area contributed by atoms with Crippen LogP contribution in [0, 0.1) is 6.92 Å². The highest BCUT2D eigenvalue weighted by atomic mass is 16.5. The summed E-state index contributed by atoms with van der Waals surface area (Å²) in [6.45, 7) is 1.93. The third-order valence-electron chi connectivity index (χ3n) is 2.82. The fourth-order valence-corrected chi connectivity index (χ4v) is 1.97. The molecule has 1 aromatic carbocycles. The molecule has 0 spiro atoms. The molecule has 0 aliphatic heterocycles. The van der Waals surface area contributed by atoms with Gasteiger partial charge in [0, 0.05) is 17.3 Å². The number of pyridine rings is 1. The van der Waals surface area contributed by atoms with Gasteiger partial charge in [-0.3, -0.25) is 0 Å². The molecule has 90 valence electrons. The van der Waals surface area contributed by atoms with E-state index in [1.807, 2.05) is 43.3 Å². The molecule has 4 heteroatoms. The zero-order chi connectivity index (χ0) is 12.5. The minimum atomic E-state index is 0.686. The number of nitrogens with zero attached hydrogens (tertiary/aromatic N) is 2. The monoisotopic (exact) mass is 239 g/mol. The number of aromatic nitrogens is 3. The Kier molecular flexibility index (Phi) is 2.48. The van der Waals surface area contributed by atoms with Gasteiger partial charge in [0.05, 0.1) is 7.11 Å². The Bertz CT molecular complexity index is 689. The number of H-pyrrole nitrogens is 1. The van der Waals surface area contributed by atoms with Gasteiger partial charge in [0.2, 0.25) is 0 Å². The number of aryl methyl sites for hydroxylation is 1. The standard InChI is InChI=1S/C14H13N3O/c1-9-8-11(18-2)12-14(15-9)17-13(16-12)10-6-4-3-5-7-10/h3-8H,1-2H3,(H,15,16,17). The van der Waals surface area contributed by atoms with E-state index < -0.39 is 0 Å². The van der Waals surface area contributed by atoms with Gasteiger partial charge in [0.15, 0.2) is 5.65 Å². The number of ether oxygens (including phenoxy) is 1. The quantitative estimate of drug-likeness (QED) is 0.748. The number of imidazole rings is 1. The van der Waals surface area contributed by atoms with Gasteiger partial charge in [-0.1, -0.05) is 30.3 Å². The molecule has 3 aromatic rings. The van der Waals surface area contributed by atoms with Crippen LogP contribution in [0.2, 0.25) is 0 Å². The zero-order valence-corrected chi connectivity index (χ0v) is 10.3. The van der Waals surface area contributed by atoms with Gasteiger partial charge in [0.1, 0.15) is 17.1 Å². The molecule has 0 saturated heterocycles. The number of hydrogen-bond acceptors (Lipinski definition) is 3. The largest absolute Gasteiger partial charge is 0.494 e. The summed E-state index contributed by atoms with van der Waals surface area (Å²) in [4.78, 5) is 12.2. The zero-order valence-electron chi connectivity index (χ0n) is 10.3. The van der Waals surface area contributed by atoms with E-state index >= 15 is 0 Å². The van der Waals surface area contributed by atoms with Crippen molar-refractivity contribution in [3.8, 4) is 17.1 Å². The van der Waals surface area contributed by atoms with Crippen LogP contribution in [0.4, 0.5) is 0 Å². The molecule has 0 atom stereocenters. The number of aromatic amines is 1.